The molecule has 2 rings (SSSR count). The first kappa shape index (κ1) is 9.22. The highest BCUT2D eigenvalue weighted by Gasteiger charge is 2.15. The summed E-state index contributed by atoms with van der Waals surface area (Å²) in [7, 11) is 0. The lowest BCUT2D eigenvalue weighted by molar-refractivity contribution is 0.111. The molecule has 2 heteroatoms. The highest BCUT2D eigenvalue weighted by Crippen LogP contribution is 2.18. The zero-order valence-corrected chi connectivity index (χ0v) is 9.09. The molecule has 1 aromatic rings. The molecule has 1 aliphatic rings. The van der Waals surface area contributed by atoms with Gasteiger partial charge in [0, 0.05) is 11.1 Å². The van der Waals surface area contributed by atoms with E-state index in [1.54, 1.807) is 0 Å². The van der Waals surface area contributed by atoms with Gasteiger partial charge in [-0.2, -0.15) is 0 Å². The van der Waals surface area contributed by atoms with Crippen LogP contribution in [0, 0.1) is 0 Å². The van der Waals surface area contributed by atoms with E-state index < -0.39 is 0 Å². The Balaban J connectivity index is 1.97. The van der Waals surface area contributed by atoms with Crippen LogP contribution in [0.4, 0.5) is 0 Å². The number of hydrogen-bond acceptors (Lipinski definition) is 1. The van der Waals surface area contributed by atoms with E-state index in [2.05, 4.69) is 40.2 Å². The number of ether oxygens (including phenoxy) is 1. The molecule has 0 saturated carbocycles. The van der Waals surface area contributed by atoms with Gasteiger partial charge in [0.15, 0.2) is 0 Å². The maximum absolute atomic E-state index is 5.58. The molecular formula is C11H13BrO. The maximum Gasteiger partial charge on any atom is 0.0616 e. The zero-order chi connectivity index (χ0) is 9.10. The molecule has 1 heterocycles. The van der Waals surface area contributed by atoms with Crippen LogP contribution < -0.4 is 0 Å². The largest absolute Gasteiger partial charge is 0.378 e. The van der Waals surface area contributed by atoms with Crippen LogP contribution in [0.5, 0.6) is 0 Å². The van der Waals surface area contributed by atoms with Gasteiger partial charge in [-0.1, -0.05) is 28.1 Å². The Labute approximate surface area is 87.2 Å². The predicted molar refractivity (Wildman–Crippen MR) is 56.8 cm³/mol. The SMILES string of the molecule is Brc1ccc(C[C@@H]2CCCO2)cc1. The average Bonchev–Trinajstić information content (AvgIpc) is 2.62. The number of benzene rings is 1. The minimum absolute atomic E-state index is 0.459. The zero-order valence-electron chi connectivity index (χ0n) is 7.50. The van der Waals surface area contributed by atoms with E-state index in [1.807, 2.05) is 0 Å². The van der Waals surface area contributed by atoms with Crippen molar-refractivity contribution >= 4 is 15.9 Å². The maximum atomic E-state index is 5.58. The molecule has 0 radical (unpaired) electrons. The Morgan fingerprint density at radius 2 is 2.08 bits per heavy atom. The van der Waals surface area contributed by atoms with Gasteiger partial charge in [0.1, 0.15) is 0 Å². The number of rotatable bonds is 2. The van der Waals surface area contributed by atoms with Gasteiger partial charge in [-0.3, -0.25) is 0 Å². The lowest BCUT2D eigenvalue weighted by atomic mass is 10.1. The van der Waals surface area contributed by atoms with Gasteiger partial charge in [0.25, 0.3) is 0 Å². The molecule has 0 aromatic heterocycles. The fraction of sp³-hybridized carbons (Fsp3) is 0.455. The molecular weight excluding hydrogens is 228 g/mol. The normalized spacial score (nSPS) is 22.1. The minimum atomic E-state index is 0.459. The number of hydrogen-bond donors (Lipinski definition) is 0. The second-order valence-electron chi connectivity index (χ2n) is 3.47. The molecule has 1 saturated heterocycles. The van der Waals surface area contributed by atoms with Crippen LogP contribution in [-0.2, 0) is 11.2 Å². The second-order valence-corrected chi connectivity index (χ2v) is 4.38. The Kier molecular flexibility index (Phi) is 3.01. The summed E-state index contributed by atoms with van der Waals surface area (Å²) < 4.78 is 6.72. The lowest BCUT2D eigenvalue weighted by Crippen LogP contribution is -2.08. The molecule has 13 heavy (non-hydrogen) atoms. The quantitative estimate of drug-likeness (QED) is 0.772. The van der Waals surface area contributed by atoms with Gasteiger partial charge in [-0.25, -0.2) is 0 Å². The Bertz CT molecular complexity index is 262. The van der Waals surface area contributed by atoms with E-state index in [1.165, 1.54) is 18.4 Å². The third-order valence-corrected chi connectivity index (χ3v) is 2.93. The second kappa shape index (κ2) is 4.25. The molecule has 1 nitrogen and oxygen atoms in total. The van der Waals surface area contributed by atoms with Crippen LogP contribution in [0.1, 0.15) is 18.4 Å². The molecule has 0 spiro atoms. The van der Waals surface area contributed by atoms with Crippen molar-refractivity contribution in [2.75, 3.05) is 6.61 Å². The number of halogens is 1. The average molecular weight is 241 g/mol. The van der Waals surface area contributed by atoms with Crippen LogP contribution in [0.25, 0.3) is 0 Å². The van der Waals surface area contributed by atoms with Gasteiger partial charge in [0.2, 0.25) is 0 Å². The molecule has 0 N–H and O–H groups in total. The highest BCUT2D eigenvalue weighted by molar-refractivity contribution is 9.10. The van der Waals surface area contributed by atoms with Gasteiger partial charge < -0.3 is 4.74 Å². The summed E-state index contributed by atoms with van der Waals surface area (Å²) in [5.41, 5.74) is 1.37. The topological polar surface area (TPSA) is 9.23 Å². The summed E-state index contributed by atoms with van der Waals surface area (Å²) in [6, 6.07) is 8.49. The van der Waals surface area contributed by atoms with Crippen molar-refractivity contribution in [3.05, 3.63) is 34.3 Å². The monoisotopic (exact) mass is 240 g/mol. The summed E-state index contributed by atoms with van der Waals surface area (Å²) in [5, 5.41) is 0. The molecule has 1 aliphatic heterocycles. The van der Waals surface area contributed by atoms with Crippen molar-refractivity contribution in [3.8, 4) is 0 Å². The lowest BCUT2D eigenvalue weighted by Gasteiger charge is -2.08. The standard InChI is InChI=1S/C11H13BrO/c12-10-5-3-9(4-6-10)8-11-2-1-7-13-11/h3-6,11H,1-2,7-8H2/t11-/m0/s1. The smallest absolute Gasteiger partial charge is 0.0616 e. The van der Waals surface area contributed by atoms with E-state index in [9.17, 15) is 0 Å². The summed E-state index contributed by atoms with van der Waals surface area (Å²) in [5.74, 6) is 0. The molecule has 0 unspecified atom stereocenters. The van der Waals surface area contributed by atoms with E-state index in [4.69, 9.17) is 4.74 Å². The van der Waals surface area contributed by atoms with Gasteiger partial charge in [-0.05, 0) is 37.0 Å². The molecule has 1 fully saturated rings. The van der Waals surface area contributed by atoms with Crippen LogP contribution in [-0.4, -0.2) is 12.7 Å². The minimum Gasteiger partial charge on any atom is -0.378 e. The van der Waals surface area contributed by atoms with E-state index in [-0.39, 0.29) is 0 Å². The van der Waals surface area contributed by atoms with Gasteiger partial charge in [-0.15, -0.1) is 0 Å². The molecule has 0 amide bonds. The predicted octanol–water partition coefficient (Wildman–Crippen LogP) is 3.17. The van der Waals surface area contributed by atoms with Gasteiger partial charge in [0.05, 0.1) is 6.10 Å². The molecule has 1 aromatic carbocycles. The van der Waals surface area contributed by atoms with Crippen molar-refractivity contribution in [1.82, 2.24) is 0 Å². The van der Waals surface area contributed by atoms with Crippen LogP contribution in [0.3, 0.4) is 0 Å². The highest BCUT2D eigenvalue weighted by atomic mass is 79.9. The fourth-order valence-electron chi connectivity index (χ4n) is 1.69. The first-order valence-corrected chi connectivity index (χ1v) is 5.50. The summed E-state index contributed by atoms with van der Waals surface area (Å²) in [6.45, 7) is 0.946. The first-order valence-electron chi connectivity index (χ1n) is 4.70. The van der Waals surface area contributed by atoms with Crippen molar-refractivity contribution in [2.45, 2.75) is 25.4 Å². The summed E-state index contributed by atoms with van der Waals surface area (Å²) in [6.07, 6.45) is 3.96. The third kappa shape index (κ3) is 2.55. The van der Waals surface area contributed by atoms with E-state index >= 15 is 0 Å². The van der Waals surface area contributed by atoms with E-state index in [0.717, 1.165) is 17.5 Å². The first-order chi connectivity index (χ1) is 6.34. The van der Waals surface area contributed by atoms with Crippen LogP contribution >= 0.6 is 15.9 Å². The van der Waals surface area contributed by atoms with Crippen LogP contribution in [0.2, 0.25) is 0 Å². The Morgan fingerprint density at radius 3 is 2.69 bits per heavy atom. The van der Waals surface area contributed by atoms with Gasteiger partial charge >= 0.3 is 0 Å². The summed E-state index contributed by atoms with van der Waals surface area (Å²) >= 11 is 3.43. The molecule has 70 valence electrons. The van der Waals surface area contributed by atoms with Crippen molar-refractivity contribution in [3.63, 3.8) is 0 Å². The Morgan fingerprint density at radius 1 is 1.31 bits per heavy atom. The molecule has 0 aliphatic carbocycles. The third-order valence-electron chi connectivity index (χ3n) is 2.40. The summed E-state index contributed by atoms with van der Waals surface area (Å²) in [4.78, 5) is 0. The van der Waals surface area contributed by atoms with Crippen molar-refractivity contribution in [1.29, 1.82) is 0 Å². The van der Waals surface area contributed by atoms with E-state index in [0.29, 0.717) is 6.10 Å². The Hall–Kier alpha value is -0.340. The van der Waals surface area contributed by atoms with Crippen molar-refractivity contribution < 1.29 is 4.74 Å². The molecule has 1 atom stereocenters. The van der Waals surface area contributed by atoms with Crippen molar-refractivity contribution in [2.24, 2.45) is 0 Å². The molecule has 0 bridgehead atoms. The fourth-order valence-corrected chi connectivity index (χ4v) is 1.95. The van der Waals surface area contributed by atoms with Crippen LogP contribution in [0.15, 0.2) is 28.7 Å².